The molecule has 0 saturated heterocycles. The van der Waals surface area contributed by atoms with E-state index in [1.54, 1.807) is 0 Å². The topological polar surface area (TPSA) is 20.2 Å². The Morgan fingerprint density at radius 1 is 0.667 bits per heavy atom. The molecule has 0 atom stereocenters. The van der Waals surface area contributed by atoms with Gasteiger partial charge in [-0.3, -0.25) is 0 Å². The third-order valence-corrected chi connectivity index (χ3v) is 4.66. The SMILES string of the molecule is CCCCCCCC/C=C\CCCCCCCC[N+](C)(C)CO.[Br-]. The Balaban J connectivity index is 0. The van der Waals surface area contributed by atoms with E-state index >= 15 is 0 Å². The molecule has 0 spiro atoms. The van der Waals surface area contributed by atoms with Crippen molar-refractivity contribution < 1.29 is 26.6 Å². The van der Waals surface area contributed by atoms with Crippen LogP contribution in [-0.2, 0) is 0 Å². The van der Waals surface area contributed by atoms with E-state index in [1.165, 1.54) is 89.9 Å². The molecule has 0 aliphatic carbocycles. The summed E-state index contributed by atoms with van der Waals surface area (Å²) in [5.74, 6) is 0. The summed E-state index contributed by atoms with van der Waals surface area (Å²) < 4.78 is 0.739. The molecule has 0 radical (unpaired) electrons. The molecular formula is C21H44BrNO. The zero-order valence-electron chi connectivity index (χ0n) is 16.7. The van der Waals surface area contributed by atoms with Gasteiger partial charge in [-0.15, -0.1) is 0 Å². The first-order valence-electron chi connectivity index (χ1n) is 10.2. The van der Waals surface area contributed by atoms with Gasteiger partial charge in [0.05, 0.1) is 20.6 Å². The van der Waals surface area contributed by atoms with E-state index in [2.05, 4.69) is 33.2 Å². The van der Waals surface area contributed by atoms with Crippen LogP contribution in [-0.4, -0.2) is 37.0 Å². The normalized spacial score (nSPS) is 11.8. The highest BCUT2D eigenvalue weighted by atomic mass is 79.9. The van der Waals surface area contributed by atoms with Gasteiger partial charge in [-0.1, -0.05) is 70.4 Å². The lowest BCUT2D eigenvalue weighted by molar-refractivity contribution is -0.909. The minimum atomic E-state index is 0. The van der Waals surface area contributed by atoms with Gasteiger partial charge in [-0.2, -0.15) is 0 Å². The van der Waals surface area contributed by atoms with Gasteiger partial charge >= 0.3 is 0 Å². The Kier molecular flexibility index (Phi) is 21.4. The Morgan fingerprint density at radius 3 is 1.54 bits per heavy atom. The number of rotatable bonds is 17. The Labute approximate surface area is 163 Å². The standard InChI is InChI=1S/C21H44NO.BrH/c1-4-5-6-7-8-9-10-11-12-13-14-15-16-17-18-19-20-22(2,3)21-23;/h11-12,23H,4-10,13-21H2,1-3H3;1H/q+1;/p-1/b12-11-;. The van der Waals surface area contributed by atoms with Gasteiger partial charge in [0, 0.05) is 0 Å². The molecule has 0 saturated carbocycles. The van der Waals surface area contributed by atoms with Crippen LogP contribution in [0.5, 0.6) is 0 Å². The number of nitrogens with zero attached hydrogens (tertiary/aromatic N) is 1. The fourth-order valence-electron chi connectivity index (χ4n) is 2.86. The minimum Gasteiger partial charge on any atom is -1.00 e. The van der Waals surface area contributed by atoms with Gasteiger partial charge < -0.3 is 26.6 Å². The zero-order chi connectivity index (χ0) is 17.2. The van der Waals surface area contributed by atoms with Crippen molar-refractivity contribution in [1.29, 1.82) is 0 Å². The van der Waals surface area contributed by atoms with Crippen molar-refractivity contribution in [3.05, 3.63) is 12.2 Å². The molecule has 0 rings (SSSR count). The van der Waals surface area contributed by atoms with Crippen molar-refractivity contribution in [3.63, 3.8) is 0 Å². The first kappa shape index (κ1) is 26.4. The van der Waals surface area contributed by atoms with Gasteiger partial charge in [-0.05, 0) is 38.5 Å². The Morgan fingerprint density at radius 2 is 1.08 bits per heavy atom. The van der Waals surface area contributed by atoms with Crippen molar-refractivity contribution in [2.24, 2.45) is 0 Å². The van der Waals surface area contributed by atoms with Crippen LogP contribution < -0.4 is 17.0 Å². The van der Waals surface area contributed by atoms with Gasteiger partial charge in [0.2, 0.25) is 0 Å². The second kappa shape index (κ2) is 19.5. The second-order valence-corrected chi connectivity index (χ2v) is 7.74. The zero-order valence-corrected chi connectivity index (χ0v) is 18.3. The summed E-state index contributed by atoms with van der Waals surface area (Å²) in [4.78, 5) is 0. The van der Waals surface area contributed by atoms with Crippen molar-refractivity contribution >= 4 is 0 Å². The van der Waals surface area contributed by atoms with Crippen LogP contribution in [0.15, 0.2) is 12.2 Å². The summed E-state index contributed by atoms with van der Waals surface area (Å²) in [5, 5.41) is 9.19. The molecule has 0 heterocycles. The molecule has 0 aromatic rings. The number of halogens is 1. The van der Waals surface area contributed by atoms with Crippen LogP contribution in [0.25, 0.3) is 0 Å². The highest BCUT2D eigenvalue weighted by Crippen LogP contribution is 2.10. The van der Waals surface area contributed by atoms with Crippen LogP contribution in [0.2, 0.25) is 0 Å². The molecule has 0 aliphatic rings. The first-order valence-corrected chi connectivity index (χ1v) is 10.2. The highest BCUT2D eigenvalue weighted by Gasteiger charge is 2.11. The number of quaternary nitrogens is 1. The van der Waals surface area contributed by atoms with Gasteiger partial charge in [0.15, 0.2) is 6.73 Å². The number of allylic oxidation sites excluding steroid dienone is 2. The van der Waals surface area contributed by atoms with E-state index in [1.807, 2.05) is 0 Å². The summed E-state index contributed by atoms with van der Waals surface area (Å²) >= 11 is 0. The molecule has 0 aliphatic heterocycles. The van der Waals surface area contributed by atoms with E-state index in [0.717, 1.165) is 11.0 Å². The summed E-state index contributed by atoms with van der Waals surface area (Å²) in [6.45, 7) is 3.63. The van der Waals surface area contributed by atoms with Gasteiger partial charge in [-0.25, -0.2) is 0 Å². The number of hydrogen-bond donors (Lipinski definition) is 1. The summed E-state index contributed by atoms with van der Waals surface area (Å²) in [6.07, 6.45) is 23.8. The maximum atomic E-state index is 9.19. The molecule has 0 amide bonds. The third-order valence-electron chi connectivity index (χ3n) is 4.66. The molecular weight excluding hydrogens is 362 g/mol. The number of aliphatic hydroxyl groups excluding tert-OH is 1. The van der Waals surface area contributed by atoms with Crippen molar-refractivity contribution in [1.82, 2.24) is 0 Å². The molecule has 24 heavy (non-hydrogen) atoms. The molecule has 0 unspecified atom stereocenters. The largest absolute Gasteiger partial charge is 1.00 e. The monoisotopic (exact) mass is 405 g/mol. The Hall–Kier alpha value is 0.140. The number of aliphatic hydroxyl groups is 1. The van der Waals surface area contributed by atoms with E-state index in [9.17, 15) is 5.11 Å². The maximum Gasteiger partial charge on any atom is 0.179 e. The molecule has 0 fully saturated rings. The Bertz CT molecular complexity index is 267. The second-order valence-electron chi connectivity index (χ2n) is 7.74. The average Bonchev–Trinajstić information content (AvgIpc) is 2.54. The van der Waals surface area contributed by atoms with Crippen LogP contribution in [0, 0.1) is 0 Å². The molecule has 0 bridgehead atoms. The minimum absolute atomic E-state index is 0. The van der Waals surface area contributed by atoms with E-state index in [-0.39, 0.29) is 23.7 Å². The lowest BCUT2D eigenvalue weighted by atomic mass is 10.1. The average molecular weight is 406 g/mol. The first-order chi connectivity index (χ1) is 11.1. The van der Waals surface area contributed by atoms with Gasteiger partial charge in [0.1, 0.15) is 0 Å². The maximum absolute atomic E-state index is 9.19. The molecule has 1 N–H and O–H groups in total. The van der Waals surface area contributed by atoms with E-state index < -0.39 is 0 Å². The predicted octanol–water partition coefficient (Wildman–Crippen LogP) is 3.05. The fraction of sp³-hybridized carbons (Fsp3) is 0.905. The molecule has 0 aromatic heterocycles. The third kappa shape index (κ3) is 20.2. The summed E-state index contributed by atoms with van der Waals surface area (Å²) in [7, 11) is 4.19. The van der Waals surface area contributed by atoms with E-state index in [4.69, 9.17) is 0 Å². The summed E-state index contributed by atoms with van der Waals surface area (Å²) in [5.41, 5.74) is 0. The number of unbranched alkanes of at least 4 members (excludes halogenated alkanes) is 12. The molecule has 0 aromatic carbocycles. The van der Waals surface area contributed by atoms with Crippen molar-refractivity contribution in [2.45, 2.75) is 96.8 Å². The molecule has 2 nitrogen and oxygen atoms in total. The smallest absolute Gasteiger partial charge is 0.179 e. The predicted molar refractivity (Wildman–Crippen MR) is 104 cm³/mol. The lowest BCUT2D eigenvalue weighted by Crippen LogP contribution is -3.00. The van der Waals surface area contributed by atoms with Crippen LogP contribution in [0.3, 0.4) is 0 Å². The fourth-order valence-corrected chi connectivity index (χ4v) is 2.86. The number of hydrogen-bond acceptors (Lipinski definition) is 1. The summed E-state index contributed by atoms with van der Waals surface area (Å²) in [6, 6.07) is 0. The van der Waals surface area contributed by atoms with Crippen LogP contribution >= 0.6 is 0 Å². The lowest BCUT2D eigenvalue weighted by Gasteiger charge is -2.26. The molecule has 146 valence electrons. The van der Waals surface area contributed by atoms with Crippen LogP contribution in [0.1, 0.15) is 96.8 Å². The van der Waals surface area contributed by atoms with E-state index in [0.29, 0.717) is 0 Å². The van der Waals surface area contributed by atoms with Crippen LogP contribution in [0.4, 0.5) is 0 Å². The quantitative estimate of drug-likeness (QED) is 0.170. The van der Waals surface area contributed by atoms with Crippen molar-refractivity contribution in [3.8, 4) is 0 Å². The van der Waals surface area contributed by atoms with Crippen molar-refractivity contribution in [2.75, 3.05) is 27.4 Å². The molecule has 3 heteroatoms. The van der Waals surface area contributed by atoms with Gasteiger partial charge in [0.25, 0.3) is 0 Å². The highest BCUT2D eigenvalue weighted by molar-refractivity contribution is 4.81.